The predicted octanol–water partition coefficient (Wildman–Crippen LogP) is 8.63. The molecule has 0 fully saturated rings. The highest BCUT2D eigenvalue weighted by Gasteiger charge is 2.36. The van der Waals surface area contributed by atoms with E-state index in [9.17, 15) is 0 Å². The summed E-state index contributed by atoms with van der Waals surface area (Å²) in [6.45, 7) is 11.1. The highest BCUT2D eigenvalue weighted by molar-refractivity contribution is 5.97. The Labute approximate surface area is 230 Å². The van der Waals surface area contributed by atoms with Gasteiger partial charge in [0.2, 0.25) is 0 Å². The molecule has 0 saturated heterocycles. The standard InChI is InChI=1S/C38H31N/c1-5-25-14-13-18-32-31-17-9-12-21-36(31)39(35-20-11-8-16-30(35)27(6-2)37(25)32)26-22-23-29-28-15-7-10-19-33(28)38(3,4)34(29)24-26/h5-24H,2H2,1,3-4H3/b25-5-,37-27-. The van der Waals surface area contributed by atoms with Crippen molar-refractivity contribution in [3.8, 4) is 22.3 Å². The van der Waals surface area contributed by atoms with Gasteiger partial charge in [0.1, 0.15) is 0 Å². The number of anilines is 3. The van der Waals surface area contributed by atoms with Gasteiger partial charge in [-0.15, -0.1) is 0 Å². The molecule has 7 rings (SSSR count). The molecular weight excluding hydrogens is 470 g/mol. The van der Waals surface area contributed by atoms with Crippen LogP contribution in [0.1, 0.15) is 37.5 Å². The molecule has 1 nitrogen and oxygen atoms in total. The van der Waals surface area contributed by atoms with E-state index >= 15 is 0 Å². The number of hydrogen-bond donors (Lipinski definition) is 0. The summed E-state index contributed by atoms with van der Waals surface area (Å²) in [4.78, 5) is 2.44. The summed E-state index contributed by atoms with van der Waals surface area (Å²) in [7, 11) is 0. The van der Waals surface area contributed by atoms with Gasteiger partial charge in [-0.2, -0.15) is 0 Å². The van der Waals surface area contributed by atoms with Crippen molar-refractivity contribution in [2.24, 2.45) is 0 Å². The maximum atomic E-state index is 4.30. The van der Waals surface area contributed by atoms with Crippen LogP contribution in [0.4, 0.5) is 17.1 Å². The summed E-state index contributed by atoms with van der Waals surface area (Å²) in [5.74, 6) is 0. The van der Waals surface area contributed by atoms with E-state index in [1.165, 1.54) is 60.8 Å². The summed E-state index contributed by atoms with van der Waals surface area (Å²) in [5.41, 5.74) is 13.7. The number of fused-ring (bicyclic) bond motifs is 7. The summed E-state index contributed by atoms with van der Waals surface area (Å²) in [6.07, 6.45) is 4.23. The van der Waals surface area contributed by atoms with E-state index in [1.54, 1.807) is 0 Å². The van der Waals surface area contributed by atoms with Gasteiger partial charge in [0.05, 0.1) is 11.4 Å². The molecular formula is C38H31N. The van der Waals surface area contributed by atoms with Crippen molar-refractivity contribution in [2.75, 3.05) is 4.90 Å². The van der Waals surface area contributed by atoms with Crippen LogP contribution in [0.5, 0.6) is 0 Å². The van der Waals surface area contributed by atoms with Crippen LogP contribution in [0.25, 0.3) is 33.9 Å². The first-order valence-corrected chi connectivity index (χ1v) is 13.7. The van der Waals surface area contributed by atoms with Gasteiger partial charge in [0.15, 0.2) is 0 Å². The van der Waals surface area contributed by atoms with Crippen LogP contribution >= 0.6 is 0 Å². The minimum atomic E-state index is -0.0689. The zero-order valence-corrected chi connectivity index (χ0v) is 22.7. The van der Waals surface area contributed by atoms with Crippen molar-refractivity contribution in [1.29, 1.82) is 0 Å². The van der Waals surface area contributed by atoms with E-state index < -0.39 is 0 Å². The first-order chi connectivity index (χ1) is 19.0. The van der Waals surface area contributed by atoms with E-state index in [2.05, 4.69) is 148 Å². The second-order valence-corrected chi connectivity index (χ2v) is 10.9. The van der Waals surface area contributed by atoms with E-state index in [1.807, 2.05) is 6.08 Å². The molecule has 0 unspecified atom stereocenters. The lowest BCUT2D eigenvalue weighted by Gasteiger charge is -2.33. The van der Waals surface area contributed by atoms with Crippen LogP contribution in [-0.2, 0) is 5.41 Å². The van der Waals surface area contributed by atoms with Gasteiger partial charge in [-0.3, -0.25) is 0 Å². The van der Waals surface area contributed by atoms with E-state index in [0.717, 1.165) is 11.3 Å². The summed E-state index contributed by atoms with van der Waals surface area (Å²) in [5, 5.41) is 2.46. The lowest BCUT2D eigenvalue weighted by molar-refractivity contribution is 0.660. The molecule has 1 heteroatoms. The van der Waals surface area contributed by atoms with Crippen LogP contribution in [0, 0.1) is 0 Å². The van der Waals surface area contributed by atoms with Crippen molar-refractivity contribution in [3.05, 3.63) is 149 Å². The first kappa shape index (κ1) is 23.5. The number of para-hydroxylation sites is 2. The van der Waals surface area contributed by atoms with Crippen LogP contribution in [-0.4, -0.2) is 0 Å². The Kier molecular flexibility index (Phi) is 5.25. The van der Waals surface area contributed by atoms with Gasteiger partial charge >= 0.3 is 0 Å². The fraction of sp³-hybridized carbons (Fsp3) is 0.105. The van der Waals surface area contributed by atoms with Gasteiger partial charge in [-0.25, -0.2) is 0 Å². The topological polar surface area (TPSA) is 3.24 Å². The number of hydrogen-bond acceptors (Lipinski definition) is 1. The SMILES string of the molecule is C=C/C1=c2/c(ccc/c2=C/C)-c2ccccc2N(c2ccc3c(c2)C(C)(C)c2ccccc2-3)c2ccccc21. The molecule has 1 aliphatic heterocycles. The van der Waals surface area contributed by atoms with Gasteiger partial charge in [0, 0.05) is 22.2 Å². The zero-order valence-electron chi connectivity index (χ0n) is 22.7. The number of benzene rings is 5. The van der Waals surface area contributed by atoms with Crippen molar-refractivity contribution >= 4 is 28.7 Å². The van der Waals surface area contributed by atoms with Gasteiger partial charge in [0.25, 0.3) is 0 Å². The van der Waals surface area contributed by atoms with Crippen molar-refractivity contribution in [3.63, 3.8) is 0 Å². The molecule has 0 radical (unpaired) electrons. The third-order valence-corrected chi connectivity index (χ3v) is 8.58. The summed E-state index contributed by atoms with van der Waals surface area (Å²) < 4.78 is 0. The highest BCUT2D eigenvalue weighted by atomic mass is 15.1. The minimum Gasteiger partial charge on any atom is -0.309 e. The van der Waals surface area contributed by atoms with Crippen molar-refractivity contribution in [2.45, 2.75) is 26.2 Å². The maximum absolute atomic E-state index is 4.30. The lowest BCUT2D eigenvalue weighted by atomic mass is 9.82. The van der Waals surface area contributed by atoms with Crippen LogP contribution in [0.2, 0.25) is 0 Å². The lowest BCUT2D eigenvalue weighted by Crippen LogP contribution is -2.31. The van der Waals surface area contributed by atoms with Gasteiger partial charge in [-0.05, 0) is 75.0 Å². The van der Waals surface area contributed by atoms with Crippen molar-refractivity contribution < 1.29 is 0 Å². The normalized spacial score (nSPS) is 16.3. The van der Waals surface area contributed by atoms with E-state index in [-0.39, 0.29) is 5.41 Å². The molecule has 0 N–H and O–H groups in total. The molecule has 188 valence electrons. The Morgan fingerprint density at radius 1 is 0.615 bits per heavy atom. The minimum absolute atomic E-state index is 0.0689. The predicted molar refractivity (Wildman–Crippen MR) is 166 cm³/mol. The summed E-state index contributed by atoms with van der Waals surface area (Å²) >= 11 is 0. The molecule has 5 aromatic carbocycles. The quantitative estimate of drug-likeness (QED) is 0.234. The second kappa shape index (κ2) is 8.71. The Bertz CT molecular complexity index is 1920. The van der Waals surface area contributed by atoms with Gasteiger partial charge < -0.3 is 4.90 Å². The highest BCUT2D eigenvalue weighted by Crippen LogP contribution is 2.51. The third kappa shape index (κ3) is 3.33. The average Bonchev–Trinajstić information content (AvgIpc) is 3.20. The number of allylic oxidation sites excluding steroid dienone is 1. The van der Waals surface area contributed by atoms with E-state index in [0.29, 0.717) is 0 Å². The fourth-order valence-corrected chi connectivity index (χ4v) is 6.71. The number of nitrogens with zero attached hydrogens (tertiary/aromatic N) is 1. The third-order valence-electron chi connectivity index (χ3n) is 8.58. The molecule has 1 heterocycles. The average molecular weight is 502 g/mol. The Hall–Kier alpha value is -4.62. The largest absolute Gasteiger partial charge is 0.309 e. The molecule has 0 spiro atoms. The van der Waals surface area contributed by atoms with Gasteiger partial charge in [-0.1, -0.05) is 118 Å². The molecule has 0 bridgehead atoms. The fourth-order valence-electron chi connectivity index (χ4n) is 6.71. The Morgan fingerprint density at radius 3 is 1.97 bits per heavy atom. The first-order valence-electron chi connectivity index (χ1n) is 13.7. The molecule has 0 aromatic heterocycles. The molecule has 1 aliphatic carbocycles. The van der Waals surface area contributed by atoms with Crippen LogP contribution in [0.15, 0.2) is 122 Å². The molecule has 0 saturated carbocycles. The molecule has 5 aromatic rings. The molecule has 0 amide bonds. The summed E-state index contributed by atoms with van der Waals surface area (Å²) in [6, 6.07) is 40.0. The van der Waals surface area contributed by atoms with E-state index in [4.69, 9.17) is 0 Å². The zero-order chi connectivity index (χ0) is 26.7. The molecule has 0 atom stereocenters. The second-order valence-electron chi connectivity index (χ2n) is 10.9. The van der Waals surface area contributed by atoms with Crippen LogP contribution < -0.4 is 15.3 Å². The monoisotopic (exact) mass is 501 g/mol. The Morgan fingerprint density at radius 2 is 1.23 bits per heavy atom. The van der Waals surface area contributed by atoms with Crippen LogP contribution in [0.3, 0.4) is 0 Å². The van der Waals surface area contributed by atoms with Crippen molar-refractivity contribution in [1.82, 2.24) is 0 Å². The molecule has 2 aliphatic rings. The number of rotatable bonds is 2. The molecule has 39 heavy (non-hydrogen) atoms. The smallest absolute Gasteiger partial charge is 0.0540 e. The maximum Gasteiger partial charge on any atom is 0.0540 e. The Balaban J connectivity index is 1.58.